The molecule has 1 aromatic carbocycles. The third-order valence-corrected chi connectivity index (χ3v) is 3.28. The summed E-state index contributed by atoms with van der Waals surface area (Å²) >= 11 is 0. The zero-order valence-corrected chi connectivity index (χ0v) is 10.1. The number of benzene rings is 1. The molecule has 3 nitrogen and oxygen atoms in total. The maximum Gasteiger partial charge on any atom is 0.253 e. The number of H-pyrrole nitrogens is 1. The van der Waals surface area contributed by atoms with E-state index < -0.39 is 0 Å². The van der Waals surface area contributed by atoms with Crippen molar-refractivity contribution in [3.63, 3.8) is 0 Å². The number of aromatic amines is 1. The minimum absolute atomic E-state index is 0.0557. The molecule has 0 bridgehead atoms. The fourth-order valence-corrected chi connectivity index (χ4v) is 2.22. The van der Waals surface area contributed by atoms with Gasteiger partial charge in [-0.15, -0.1) is 0 Å². The molecule has 1 amide bonds. The monoisotopic (exact) mass is 228 g/mol. The van der Waals surface area contributed by atoms with Gasteiger partial charge in [-0.3, -0.25) is 4.79 Å². The Morgan fingerprint density at radius 3 is 2.82 bits per heavy atom. The van der Waals surface area contributed by atoms with Gasteiger partial charge in [0.15, 0.2) is 0 Å². The van der Waals surface area contributed by atoms with E-state index in [-0.39, 0.29) is 5.91 Å². The van der Waals surface area contributed by atoms with E-state index in [2.05, 4.69) is 23.3 Å². The van der Waals surface area contributed by atoms with Gasteiger partial charge in [-0.05, 0) is 38.3 Å². The molecule has 3 rings (SSSR count). The highest BCUT2D eigenvalue weighted by Gasteiger charge is 2.25. The number of carbonyl (C=O) groups is 1. The van der Waals surface area contributed by atoms with Crippen molar-refractivity contribution >= 4 is 16.8 Å². The van der Waals surface area contributed by atoms with Crippen LogP contribution in [0.25, 0.3) is 10.9 Å². The second-order valence-electron chi connectivity index (χ2n) is 4.92. The van der Waals surface area contributed by atoms with Crippen molar-refractivity contribution in [2.75, 3.05) is 0 Å². The molecular weight excluding hydrogens is 212 g/mol. The van der Waals surface area contributed by atoms with Gasteiger partial charge >= 0.3 is 0 Å². The zero-order chi connectivity index (χ0) is 12.0. The van der Waals surface area contributed by atoms with Crippen LogP contribution in [0.4, 0.5) is 0 Å². The zero-order valence-electron chi connectivity index (χ0n) is 10.1. The summed E-state index contributed by atoms with van der Waals surface area (Å²) in [7, 11) is 0. The van der Waals surface area contributed by atoms with Crippen LogP contribution in [0, 0.1) is 13.8 Å². The van der Waals surface area contributed by atoms with Crippen LogP contribution in [0.5, 0.6) is 0 Å². The van der Waals surface area contributed by atoms with Gasteiger partial charge in [0.2, 0.25) is 0 Å². The van der Waals surface area contributed by atoms with E-state index in [4.69, 9.17) is 0 Å². The molecule has 1 aliphatic carbocycles. The average molecular weight is 228 g/mol. The van der Waals surface area contributed by atoms with E-state index in [0.717, 1.165) is 35.0 Å². The van der Waals surface area contributed by atoms with Gasteiger partial charge in [-0.2, -0.15) is 0 Å². The second kappa shape index (κ2) is 3.62. The van der Waals surface area contributed by atoms with Crippen molar-refractivity contribution in [3.8, 4) is 0 Å². The third-order valence-electron chi connectivity index (χ3n) is 3.28. The minimum Gasteiger partial charge on any atom is -0.358 e. The third kappa shape index (κ3) is 1.82. The lowest BCUT2D eigenvalue weighted by atomic mass is 10.1. The molecule has 0 spiro atoms. The molecule has 1 fully saturated rings. The molecule has 0 saturated heterocycles. The number of nitrogens with one attached hydrogen (secondary N) is 2. The number of hydrogen-bond donors (Lipinski definition) is 2. The summed E-state index contributed by atoms with van der Waals surface area (Å²) in [5.74, 6) is 0.0557. The molecule has 17 heavy (non-hydrogen) atoms. The smallest absolute Gasteiger partial charge is 0.253 e. The molecule has 1 heterocycles. The van der Waals surface area contributed by atoms with Gasteiger partial charge in [-0.25, -0.2) is 0 Å². The summed E-state index contributed by atoms with van der Waals surface area (Å²) in [6, 6.07) is 6.55. The quantitative estimate of drug-likeness (QED) is 0.815. The van der Waals surface area contributed by atoms with Crippen LogP contribution in [0.15, 0.2) is 18.2 Å². The maximum absolute atomic E-state index is 12.1. The Hall–Kier alpha value is -1.77. The number of amides is 1. The summed E-state index contributed by atoms with van der Waals surface area (Å²) < 4.78 is 0. The van der Waals surface area contributed by atoms with E-state index in [1.807, 2.05) is 19.1 Å². The second-order valence-corrected chi connectivity index (χ2v) is 4.92. The fourth-order valence-electron chi connectivity index (χ4n) is 2.22. The number of hydrogen-bond acceptors (Lipinski definition) is 1. The molecule has 88 valence electrons. The highest BCUT2D eigenvalue weighted by atomic mass is 16.1. The van der Waals surface area contributed by atoms with E-state index in [9.17, 15) is 4.79 Å². The molecule has 1 aromatic heterocycles. The molecule has 2 N–H and O–H groups in total. The van der Waals surface area contributed by atoms with Gasteiger partial charge in [0.05, 0.1) is 5.56 Å². The van der Waals surface area contributed by atoms with Gasteiger partial charge in [-0.1, -0.05) is 12.1 Å². The van der Waals surface area contributed by atoms with Crippen molar-refractivity contribution in [2.24, 2.45) is 0 Å². The highest BCUT2D eigenvalue weighted by molar-refractivity contribution is 6.08. The first kappa shape index (κ1) is 10.4. The van der Waals surface area contributed by atoms with E-state index in [0.29, 0.717) is 6.04 Å². The van der Waals surface area contributed by atoms with E-state index >= 15 is 0 Å². The molecule has 3 heteroatoms. The number of aromatic nitrogens is 1. The average Bonchev–Trinajstić information content (AvgIpc) is 2.99. The molecule has 0 atom stereocenters. The Bertz CT molecular complexity index is 594. The van der Waals surface area contributed by atoms with Crippen LogP contribution in [0.2, 0.25) is 0 Å². The SMILES string of the molecule is Cc1ccc2c(C(=O)NC3CC3)c(C)[nH]c2c1. The van der Waals surface area contributed by atoms with Crippen LogP contribution >= 0.6 is 0 Å². The largest absolute Gasteiger partial charge is 0.358 e. The maximum atomic E-state index is 12.1. The first-order valence-corrected chi connectivity index (χ1v) is 6.05. The van der Waals surface area contributed by atoms with Crippen molar-refractivity contribution in [2.45, 2.75) is 32.7 Å². The van der Waals surface area contributed by atoms with Crippen LogP contribution in [-0.4, -0.2) is 16.9 Å². The Balaban J connectivity index is 2.07. The van der Waals surface area contributed by atoms with Gasteiger partial charge in [0.1, 0.15) is 0 Å². The lowest BCUT2D eigenvalue weighted by Gasteiger charge is -2.03. The summed E-state index contributed by atoms with van der Waals surface area (Å²) in [5.41, 5.74) is 3.99. The van der Waals surface area contributed by atoms with Crippen LogP contribution in [-0.2, 0) is 0 Å². The summed E-state index contributed by atoms with van der Waals surface area (Å²) in [4.78, 5) is 15.4. The summed E-state index contributed by atoms with van der Waals surface area (Å²) in [6.07, 6.45) is 2.23. The lowest BCUT2D eigenvalue weighted by molar-refractivity contribution is 0.0952. The lowest BCUT2D eigenvalue weighted by Crippen LogP contribution is -2.25. The first-order valence-electron chi connectivity index (χ1n) is 6.05. The topological polar surface area (TPSA) is 44.9 Å². The van der Waals surface area contributed by atoms with Crippen molar-refractivity contribution in [3.05, 3.63) is 35.0 Å². The Morgan fingerprint density at radius 2 is 2.12 bits per heavy atom. The molecule has 1 aliphatic rings. The highest BCUT2D eigenvalue weighted by Crippen LogP contribution is 2.25. The number of carbonyl (C=O) groups excluding carboxylic acids is 1. The Morgan fingerprint density at radius 1 is 1.35 bits per heavy atom. The molecule has 0 aliphatic heterocycles. The molecule has 1 saturated carbocycles. The van der Waals surface area contributed by atoms with Crippen molar-refractivity contribution in [1.29, 1.82) is 0 Å². The number of rotatable bonds is 2. The van der Waals surface area contributed by atoms with Crippen molar-refractivity contribution < 1.29 is 4.79 Å². The van der Waals surface area contributed by atoms with Gasteiger partial charge < -0.3 is 10.3 Å². The first-order chi connectivity index (χ1) is 8.15. The summed E-state index contributed by atoms with van der Waals surface area (Å²) in [5, 5.41) is 4.06. The van der Waals surface area contributed by atoms with Crippen molar-refractivity contribution in [1.82, 2.24) is 10.3 Å². The standard InChI is InChI=1S/C14H16N2O/c1-8-3-6-11-12(7-8)15-9(2)13(11)14(17)16-10-4-5-10/h3,6-7,10,15H,4-5H2,1-2H3,(H,16,17). The van der Waals surface area contributed by atoms with E-state index in [1.54, 1.807) is 0 Å². The van der Waals surface area contributed by atoms with Gasteiger partial charge in [0, 0.05) is 22.6 Å². The summed E-state index contributed by atoms with van der Waals surface area (Å²) in [6.45, 7) is 4.01. The molecule has 0 radical (unpaired) electrons. The predicted octanol–water partition coefficient (Wildman–Crippen LogP) is 2.68. The normalized spacial score (nSPS) is 15.2. The number of aryl methyl sites for hydroxylation is 2. The van der Waals surface area contributed by atoms with Gasteiger partial charge in [0.25, 0.3) is 5.91 Å². The Labute approximate surface area is 100 Å². The number of fused-ring (bicyclic) bond motifs is 1. The van der Waals surface area contributed by atoms with Crippen LogP contribution < -0.4 is 5.32 Å². The van der Waals surface area contributed by atoms with E-state index in [1.165, 1.54) is 5.56 Å². The minimum atomic E-state index is 0.0557. The van der Waals surface area contributed by atoms with Crippen LogP contribution in [0.1, 0.15) is 34.5 Å². The molecule has 0 unspecified atom stereocenters. The Kier molecular flexibility index (Phi) is 2.21. The predicted molar refractivity (Wildman–Crippen MR) is 68.3 cm³/mol. The molecular formula is C14H16N2O. The van der Waals surface area contributed by atoms with Crippen LogP contribution in [0.3, 0.4) is 0 Å². The fraction of sp³-hybridized carbons (Fsp3) is 0.357. The molecule has 2 aromatic rings.